The second-order valence-electron chi connectivity index (χ2n) is 12.7. The van der Waals surface area contributed by atoms with Gasteiger partial charge in [-0.25, -0.2) is 4.79 Å². The smallest absolute Gasteiger partial charge is 0.328 e. The Bertz CT molecular complexity index is 1280. The first-order chi connectivity index (χ1) is 21.8. The first-order valence-electron chi connectivity index (χ1n) is 16.0. The minimum atomic E-state index is -1.23. The molecular formula is C33H47N5O8. The first-order valence-corrected chi connectivity index (χ1v) is 16.0. The zero-order chi connectivity index (χ0) is 34.0. The Balaban J connectivity index is 1.74. The zero-order valence-corrected chi connectivity index (χ0v) is 27.3. The van der Waals surface area contributed by atoms with Crippen molar-refractivity contribution in [2.24, 2.45) is 11.8 Å². The Hall–Kier alpha value is -4.29. The molecule has 1 aromatic rings. The van der Waals surface area contributed by atoms with E-state index in [0.29, 0.717) is 24.8 Å². The molecule has 46 heavy (non-hydrogen) atoms. The van der Waals surface area contributed by atoms with Crippen LogP contribution in [0.3, 0.4) is 0 Å². The highest BCUT2D eigenvalue weighted by atomic mass is 16.5. The van der Waals surface area contributed by atoms with Crippen LogP contribution in [0, 0.1) is 11.8 Å². The summed E-state index contributed by atoms with van der Waals surface area (Å²) in [5.74, 6) is -4.52. The molecule has 0 bridgehead atoms. The number of amides is 5. The van der Waals surface area contributed by atoms with Crippen LogP contribution >= 0.6 is 0 Å². The summed E-state index contributed by atoms with van der Waals surface area (Å²) in [5.41, 5.74) is 0.295. The number of hydrogen-bond acceptors (Lipinski definition) is 8. The highest BCUT2D eigenvalue weighted by Crippen LogP contribution is 2.22. The Morgan fingerprint density at radius 2 is 1.57 bits per heavy atom. The number of nitrogens with one attached hydrogen (secondary N) is 4. The van der Waals surface area contributed by atoms with Gasteiger partial charge in [0.2, 0.25) is 23.5 Å². The Labute approximate surface area is 269 Å². The molecule has 3 rings (SSSR count). The molecule has 252 valence electrons. The molecule has 2 fully saturated rings. The molecule has 0 radical (unpaired) electrons. The van der Waals surface area contributed by atoms with Crippen LogP contribution in [0.5, 0.6) is 0 Å². The lowest BCUT2D eigenvalue weighted by atomic mass is 10.00. The van der Waals surface area contributed by atoms with Gasteiger partial charge in [-0.3, -0.25) is 28.8 Å². The molecule has 5 amide bonds. The van der Waals surface area contributed by atoms with Crippen LogP contribution in [0.25, 0.3) is 0 Å². The fourth-order valence-electron chi connectivity index (χ4n) is 5.33. The summed E-state index contributed by atoms with van der Waals surface area (Å²) >= 11 is 0. The van der Waals surface area contributed by atoms with E-state index in [1.165, 1.54) is 12.0 Å². The van der Waals surface area contributed by atoms with E-state index >= 15 is 0 Å². The molecule has 2 aliphatic rings. The molecule has 13 heteroatoms. The average Bonchev–Trinajstić information content (AvgIpc) is 3.70. The summed E-state index contributed by atoms with van der Waals surface area (Å²) in [6.45, 7) is 7.60. The Morgan fingerprint density at radius 3 is 2.15 bits per heavy atom. The zero-order valence-electron chi connectivity index (χ0n) is 27.3. The van der Waals surface area contributed by atoms with Crippen LogP contribution in [0.15, 0.2) is 30.3 Å². The van der Waals surface area contributed by atoms with Gasteiger partial charge in [0, 0.05) is 24.6 Å². The van der Waals surface area contributed by atoms with Gasteiger partial charge < -0.3 is 30.9 Å². The van der Waals surface area contributed by atoms with Crippen molar-refractivity contribution in [1.82, 2.24) is 26.2 Å². The van der Waals surface area contributed by atoms with Gasteiger partial charge in [-0.1, -0.05) is 45.9 Å². The predicted molar refractivity (Wildman–Crippen MR) is 168 cm³/mol. The lowest BCUT2D eigenvalue weighted by Crippen LogP contribution is -2.59. The summed E-state index contributed by atoms with van der Waals surface area (Å²) in [6, 6.07) is 4.22. The maximum absolute atomic E-state index is 13.9. The number of carbonyl (C=O) groups is 7. The van der Waals surface area contributed by atoms with Gasteiger partial charge in [0.25, 0.3) is 11.8 Å². The third kappa shape index (κ3) is 10.4. The quantitative estimate of drug-likeness (QED) is 0.154. The summed E-state index contributed by atoms with van der Waals surface area (Å²) in [5, 5.41) is 10.7. The van der Waals surface area contributed by atoms with E-state index in [1.54, 1.807) is 44.2 Å². The highest BCUT2D eigenvalue weighted by Gasteiger charge is 2.40. The van der Waals surface area contributed by atoms with Crippen molar-refractivity contribution in [2.45, 2.75) is 103 Å². The predicted octanol–water partition coefficient (Wildman–Crippen LogP) is 1.25. The summed E-state index contributed by atoms with van der Waals surface area (Å²) in [4.78, 5) is 92.3. The summed E-state index contributed by atoms with van der Waals surface area (Å²) < 4.78 is 4.85. The topological polar surface area (TPSA) is 180 Å². The maximum atomic E-state index is 13.9. The fourth-order valence-corrected chi connectivity index (χ4v) is 5.33. The van der Waals surface area contributed by atoms with Crippen molar-refractivity contribution in [3.63, 3.8) is 0 Å². The second kappa shape index (κ2) is 16.9. The van der Waals surface area contributed by atoms with E-state index < -0.39 is 71.4 Å². The SMILES string of the molecule is COC(=O)C(CC(C)C)NC(=O)C1CCCN1C(=O)C(NC(=O)C(CCC(=O)C(=O)NC1CC1)NC(=O)c1ccccc1)C(C)C. The standard InChI is InChI=1S/C33H47N5O8/c1-19(2)18-24(33(45)46-5)36-30(42)25-12-9-17-38(25)32(44)27(20(3)4)37-29(41)23(35-28(40)21-10-7-6-8-11-21)15-16-26(39)31(43)34-22-13-14-22/h6-8,10-11,19-20,22-25,27H,9,12-18H2,1-5H3,(H,34,43)(H,35,40)(H,36,42)(H,37,41). The molecule has 4 N–H and O–H groups in total. The molecule has 1 saturated heterocycles. The minimum Gasteiger partial charge on any atom is -0.467 e. The Morgan fingerprint density at radius 1 is 0.891 bits per heavy atom. The molecule has 1 heterocycles. The molecule has 1 saturated carbocycles. The summed E-state index contributed by atoms with van der Waals surface area (Å²) in [7, 11) is 1.25. The number of Topliss-reactive ketones (excluding diaryl/α,β-unsaturated/α-hetero) is 1. The lowest BCUT2D eigenvalue weighted by molar-refractivity contribution is -0.147. The molecule has 1 aromatic carbocycles. The van der Waals surface area contributed by atoms with Crippen molar-refractivity contribution in [2.75, 3.05) is 13.7 Å². The average molecular weight is 642 g/mol. The lowest BCUT2D eigenvalue weighted by Gasteiger charge is -2.32. The van der Waals surface area contributed by atoms with Gasteiger partial charge in [-0.15, -0.1) is 0 Å². The molecule has 4 unspecified atom stereocenters. The van der Waals surface area contributed by atoms with Crippen molar-refractivity contribution in [3.05, 3.63) is 35.9 Å². The number of benzene rings is 1. The number of nitrogens with zero attached hydrogens (tertiary/aromatic N) is 1. The summed E-state index contributed by atoms with van der Waals surface area (Å²) in [6.07, 6.45) is 2.46. The van der Waals surface area contributed by atoms with Gasteiger partial charge in [0.15, 0.2) is 0 Å². The van der Waals surface area contributed by atoms with Crippen LogP contribution < -0.4 is 21.3 Å². The van der Waals surface area contributed by atoms with Gasteiger partial charge in [-0.05, 0) is 62.5 Å². The third-order valence-corrected chi connectivity index (χ3v) is 8.06. The van der Waals surface area contributed by atoms with E-state index in [2.05, 4.69) is 21.3 Å². The van der Waals surface area contributed by atoms with Gasteiger partial charge in [0.05, 0.1) is 7.11 Å². The number of hydrogen-bond donors (Lipinski definition) is 4. The van der Waals surface area contributed by atoms with Crippen LogP contribution in [0.2, 0.25) is 0 Å². The van der Waals surface area contributed by atoms with Gasteiger partial charge in [-0.2, -0.15) is 0 Å². The highest BCUT2D eigenvalue weighted by molar-refractivity contribution is 6.36. The minimum absolute atomic E-state index is 0.0100. The van der Waals surface area contributed by atoms with E-state index in [4.69, 9.17) is 4.74 Å². The van der Waals surface area contributed by atoms with Crippen LogP contribution in [0.4, 0.5) is 0 Å². The normalized spacial score (nSPS) is 17.9. The molecule has 13 nitrogen and oxygen atoms in total. The van der Waals surface area contributed by atoms with E-state index in [-0.39, 0.29) is 31.3 Å². The van der Waals surface area contributed by atoms with E-state index in [0.717, 1.165) is 12.8 Å². The van der Waals surface area contributed by atoms with Crippen LogP contribution in [-0.2, 0) is 33.5 Å². The van der Waals surface area contributed by atoms with Crippen LogP contribution in [-0.4, -0.2) is 90.1 Å². The molecule has 1 aliphatic carbocycles. The molecule has 0 aromatic heterocycles. The van der Waals surface area contributed by atoms with Crippen molar-refractivity contribution < 1.29 is 38.3 Å². The molecule has 0 spiro atoms. The van der Waals surface area contributed by atoms with Crippen molar-refractivity contribution >= 4 is 41.3 Å². The number of rotatable bonds is 16. The van der Waals surface area contributed by atoms with Crippen molar-refractivity contribution in [3.8, 4) is 0 Å². The molecular weight excluding hydrogens is 594 g/mol. The number of likely N-dealkylation sites (tertiary alicyclic amines) is 1. The second-order valence-corrected chi connectivity index (χ2v) is 12.7. The third-order valence-electron chi connectivity index (χ3n) is 8.06. The number of ether oxygens (including phenoxy) is 1. The monoisotopic (exact) mass is 641 g/mol. The first kappa shape index (κ1) is 36.2. The van der Waals surface area contributed by atoms with Crippen molar-refractivity contribution in [1.29, 1.82) is 0 Å². The fraction of sp³-hybridized carbons (Fsp3) is 0.606. The van der Waals surface area contributed by atoms with E-state index in [1.807, 2.05) is 13.8 Å². The Kier molecular flexibility index (Phi) is 13.3. The number of carbonyl (C=O) groups excluding carboxylic acids is 7. The molecule has 4 atom stereocenters. The van der Waals surface area contributed by atoms with Crippen LogP contribution in [0.1, 0.15) is 83.0 Å². The maximum Gasteiger partial charge on any atom is 0.328 e. The number of esters is 1. The largest absolute Gasteiger partial charge is 0.467 e. The number of methoxy groups -OCH3 is 1. The van der Waals surface area contributed by atoms with E-state index in [9.17, 15) is 33.6 Å². The molecule has 1 aliphatic heterocycles. The van der Waals surface area contributed by atoms with Gasteiger partial charge >= 0.3 is 5.97 Å². The number of ketones is 1. The van der Waals surface area contributed by atoms with Gasteiger partial charge in [0.1, 0.15) is 24.2 Å².